The smallest absolute Gasteiger partial charge is 0.408 e. The van der Waals surface area contributed by atoms with Crippen LogP contribution < -0.4 is 5.32 Å². The van der Waals surface area contributed by atoms with Gasteiger partial charge in [0.05, 0.1) is 6.61 Å². The number of ether oxygens (including phenoxy) is 2. The maximum atomic E-state index is 12.9. The number of hydrogen-bond donors (Lipinski definition) is 1. The summed E-state index contributed by atoms with van der Waals surface area (Å²) in [7, 11) is 0. The molecule has 0 saturated carbocycles. The number of esters is 1. The van der Waals surface area contributed by atoms with Crippen molar-refractivity contribution in [1.82, 2.24) is 5.32 Å². The number of aryl methyl sites for hydroxylation is 3. The number of carbonyl (C=O) groups excluding carboxylic acids is 2. The van der Waals surface area contributed by atoms with Crippen LogP contribution in [0.2, 0.25) is 0 Å². The quantitative estimate of drug-likeness (QED) is 0.492. The highest BCUT2D eigenvalue weighted by Gasteiger charge is 2.31. The van der Waals surface area contributed by atoms with Crippen LogP contribution in [-0.2, 0) is 14.3 Å². The second-order valence-corrected chi connectivity index (χ2v) is 8.47. The van der Waals surface area contributed by atoms with Gasteiger partial charge in [-0.25, -0.2) is 9.59 Å². The number of amides is 1. The third-order valence-corrected chi connectivity index (χ3v) is 6.15. The first-order chi connectivity index (χ1) is 15.9. The second kappa shape index (κ2) is 9.49. The van der Waals surface area contributed by atoms with Gasteiger partial charge in [0.25, 0.3) is 0 Å². The molecule has 3 aromatic rings. The van der Waals surface area contributed by atoms with Crippen LogP contribution in [0.4, 0.5) is 4.79 Å². The van der Waals surface area contributed by atoms with Gasteiger partial charge in [-0.05, 0) is 66.6 Å². The van der Waals surface area contributed by atoms with Gasteiger partial charge in [0.2, 0.25) is 0 Å². The summed E-state index contributed by atoms with van der Waals surface area (Å²) < 4.78 is 10.9. The van der Waals surface area contributed by atoms with Crippen molar-refractivity contribution >= 4 is 12.1 Å². The maximum Gasteiger partial charge on any atom is 0.408 e. The minimum Gasteiger partial charge on any atom is -0.464 e. The maximum absolute atomic E-state index is 12.9. The van der Waals surface area contributed by atoms with Crippen molar-refractivity contribution < 1.29 is 19.1 Å². The van der Waals surface area contributed by atoms with E-state index in [2.05, 4.69) is 29.6 Å². The van der Waals surface area contributed by atoms with Gasteiger partial charge in [-0.2, -0.15) is 0 Å². The van der Waals surface area contributed by atoms with E-state index in [-0.39, 0.29) is 19.1 Å². The van der Waals surface area contributed by atoms with Crippen molar-refractivity contribution in [2.75, 3.05) is 13.2 Å². The van der Waals surface area contributed by atoms with Crippen LogP contribution in [0.25, 0.3) is 11.1 Å². The number of carbonyl (C=O) groups is 2. The molecule has 0 aliphatic heterocycles. The molecule has 0 fully saturated rings. The minimum atomic E-state index is -0.929. The number of hydrogen-bond acceptors (Lipinski definition) is 4. The molecule has 1 aliphatic rings. The zero-order chi connectivity index (χ0) is 23.5. The average Bonchev–Trinajstić information content (AvgIpc) is 3.10. The summed E-state index contributed by atoms with van der Waals surface area (Å²) in [5.74, 6) is -0.548. The van der Waals surface area contributed by atoms with E-state index in [0.29, 0.717) is 0 Å². The van der Waals surface area contributed by atoms with Crippen LogP contribution in [0.1, 0.15) is 52.3 Å². The third kappa shape index (κ3) is 4.49. The van der Waals surface area contributed by atoms with Gasteiger partial charge in [-0.1, -0.05) is 66.2 Å². The van der Waals surface area contributed by atoms with Gasteiger partial charge in [0.1, 0.15) is 6.61 Å². The fourth-order valence-electron chi connectivity index (χ4n) is 4.88. The van der Waals surface area contributed by atoms with Crippen LogP contribution >= 0.6 is 0 Å². The highest BCUT2D eigenvalue weighted by atomic mass is 16.6. The molecule has 1 amide bonds. The molecule has 0 heterocycles. The summed E-state index contributed by atoms with van der Waals surface area (Å²) in [6, 6.07) is 19.4. The third-order valence-electron chi connectivity index (χ3n) is 6.15. The van der Waals surface area contributed by atoms with E-state index in [0.717, 1.165) is 44.5 Å². The minimum absolute atomic E-state index is 0.0490. The van der Waals surface area contributed by atoms with Crippen molar-refractivity contribution in [3.05, 3.63) is 94.0 Å². The normalized spacial score (nSPS) is 13.1. The van der Waals surface area contributed by atoms with Crippen LogP contribution in [0.3, 0.4) is 0 Å². The Bertz CT molecular complexity index is 1130. The van der Waals surface area contributed by atoms with Crippen molar-refractivity contribution in [3.8, 4) is 11.1 Å². The highest BCUT2D eigenvalue weighted by molar-refractivity contribution is 5.84. The Morgan fingerprint density at radius 1 is 0.879 bits per heavy atom. The Hall–Kier alpha value is -3.60. The number of rotatable bonds is 6. The SMILES string of the molecule is CCOC(=O)C(NC(=O)OCC1c2ccccc2-c2ccccc21)c1c(C)cc(C)cc1C. The molecule has 0 saturated heterocycles. The Kier molecular flexibility index (Phi) is 6.50. The van der Waals surface area contributed by atoms with Gasteiger partial charge in [0.15, 0.2) is 6.04 Å². The first-order valence-corrected chi connectivity index (χ1v) is 11.3. The lowest BCUT2D eigenvalue weighted by atomic mass is 9.94. The molecule has 170 valence electrons. The fourth-order valence-corrected chi connectivity index (χ4v) is 4.88. The molecule has 5 nitrogen and oxygen atoms in total. The largest absolute Gasteiger partial charge is 0.464 e. The molecule has 3 aromatic carbocycles. The highest BCUT2D eigenvalue weighted by Crippen LogP contribution is 2.44. The van der Waals surface area contributed by atoms with Crippen molar-refractivity contribution in [2.45, 2.75) is 39.7 Å². The Morgan fingerprint density at radius 2 is 1.42 bits per heavy atom. The first kappa shape index (κ1) is 22.6. The summed E-state index contributed by atoms with van der Waals surface area (Å²) in [4.78, 5) is 25.6. The number of benzene rings is 3. The second-order valence-electron chi connectivity index (χ2n) is 8.47. The lowest BCUT2D eigenvalue weighted by Crippen LogP contribution is -2.36. The van der Waals surface area contributed by atoms with Crippen LogP contribution in [-0.4, -0.2) is 25.3 Å². The summed E-state index contributed by atoms with van der Waals surface area (Å²) in [5.41, 5.74) is 8.28. The number of alkyl carbamates (subject to hydrolysis) is 1. The number of fused-ring (bicyclic) bond motifs is 3. The lowest BCUT2D eigenvalue weighted by molar-refractivity contribution is -0.145. The predicted octanol–water partition coefficient (Wildman–Crippen LogP) is 5.75. The molecule has 0 aromatic heterocycles. The molecule has 0 spiro atoms. The van der Waals surface area contributed by atoms with E-state index >= 15 is 0 Å². The van der Waals surface area contributed by atoms with Gasteiger partial charge >= 0.3 is 12.1 Å². The van der Waals surface area contributed by atoms with E-state index in [1.54, 1.807) is 6.92 Å². The van der Waals surface area contributed by atoms with Crippen molar-refractivity contribution in [2.24, 2.45) is 0 Å². The van der Waals surface area contributed by atoms with Crippen LogP contribution in [0.5, 0.6) is 0 Å². The average molecular weight is 444 g/mol. The van der Waals surface area contributed by atoms with E-state index in [9.17, 15) is 9.59 Å². The zero-order valence-electron chi connectivity index (χ0n) is 19.5. The van der Waals surface area contributed by atoms with E-state index in [1.807, 2.05) is 57.2 Å². The molecular formula is C28H29NO4. The van der Waals surface area contributed by atoms with E-state index < -0.39 is 18.1 Å². The Morgan fingerprint density at radius 3 is 1.97 bits per heavy atom. The van der Waals surface area contributed by atoms with Gasteiger partial charge < -0.3 is 14.8 Å². The lowest BCUT2D eigenvalue weighted by Gasteiger charge is -2.22. The Balaban J connectivity index is 1.54. The van der Waals surface area contributed by atoms with Crippen molar-refractivity contribution in [3.63, 3.8) is 0 Å². The molecule has 1 unspecified atom stereocenters. The summed E-state index contributed by atoms with van der Waals surface area (Å²) in [6.07, 6.45) is -0.644. The predicted molar refractivity (Wildman–Crippen MR) is 128 cm³/mol. The molecular weight excluding hydrogens is 414 g/mol. The zero-order valence-corrected chi connectivity index (χ0v) is 19.5. The molecule has 4 rings (SSSR count). The molecule has 0 bridgehead atoms. The standard InChI is InChI=1S/C28H29NO4/c1-5-32-27(30)26(25-18(3)14-17(2)15-19(25)4)29-28(31)33-16-24-22-12-8-6-10-20(22)21-11-7-9-13-23(21)24/h6-15,24,26H,5,16H2,1-4H3,(H,29,31). The molecule has 1 N–H and O–H groups in total. The van der Waals surface area contributed by atoms with Crippen LogP contribution in [0, 0.1) is 20.8 Å². The topological polar surface area (TPSA) is 64.6 Å². The summed E-state index contributed by atoms with van der Waals surface area (Å²) in [5, 5.41) is 2.76. The summed E-state index contributed by atoms with van der Waals surface area (Å²) in [6.45, 7) is 8.02. The summed E-state index contributed by atoms with van der Waals surface area (Å²) >= 11 is 0. The Labute approximate surface area is 194 Å². The van der Waals surface area contributed by atoms with E-state index in [1.165, 1.54) is 0 Å². The molecule has 1 aliphatic carbocycles. The van der Waals surface area contributed by atoms with Gasteiger partial charge in [-0.3, -0.25) is 0 Å². The first-order valence-electron chi connectivity index (χ1n) is 11.3. The molecule has 33 heavy (non-hydrogen) atoms. The van der Waals surface area contributed by atoms with Crippen molar-refractivity contribution in [1.29, 1.82) is 0 Å². The molecule has 5 heteroatoms. The van der Waals surface area contributed by atoms with Gasteiger partial charge in [-0.15, -0.1) is 0 Å². The monoisotopic (exact) mass is 443 g/mol. The number of nitrogens with one attached hydrogen (secondary N) is 1. The van der Waals surface area contributed by atoms with Gasteiger partial charge in [0, 0.05) is 5.92 Å². The fraction of sp³-hybridized carbons (Fsp3) is 0.286. The van der Waals surface area contributed by atoms with E-state index in [4.69, 9.17) is 9.47 Å². The van der Waals surface area contributed by atoms with Crippen LogP contribution in [0.15, 0.2) is 60.7 Å². The molecule has 1 atom stereocenters. The molecule has 0 radical (unpaired) electrons.